The quantitative estimate of drug-likeness (QED) is 0.306. The van der Waals surface area contributed by atoms with Crippen molar-refractivity contribution in [3.8, 4) is 11.4 Å². The third kappa shape index (κ3) is 5.03. The largest absolute Gasteiger partial charge is 1.00 e. The second-order valence-electron chi connectivity index (χ2n) is 9.50. The van der Waals surface area contributed by atoms with Gasteiger partial charge in [0.05, 0.1) is 22.6 Å². The highest BCUT2D eigenvalue weighted by Crippen LogP contribution is 2.33. The van der Waals surface area contributed by atoms with Crippen LogP contribution >= 0.6 is 22.6 Å². The van der Waals surface area contributed by atoms with Gasteiger partial charge in [0.25, 0.3) is 0 Å². The predicted octanol–water partition coefficient (Wildman–Crippen LogP) is 4.86. The highest BCUT2D eigenvalue weighted by Gasteiger charge is 2.28. The van der Waals surface area contributed by atoms with Crippen LogP contribution in [0.4, 0.5) is 0 Å². The number of halogens is 2. The molecule has 168 valence electrons. The summed E-state index contributed by atoms with van der Waals surface area (Å²) in [4.78, 5) is 0. The third-order valence-electron chi connectivity index (χ3n) is 5.93. The minimum Gasteiger partial charge on any atom is -1.00 e. The average molecular weight is 551 g/mol. The van der Waals surface area contributed by atoms with Crippen LogP contribution in [0.1, 0.15) is 101 Å². The first-order chi connectivity index (χ1) is 14.1. The first-order valence-electron chi connectivity index (χ1n) is 11.2. The van der Waals surface area contributed by atoms with E-state index in [4.69, 9.17) is 0 Å². The van der Waals surface area contributed by atoms with Gasteiger partial charge in [0.1, 0.15) is 23.8 Å². The van der Waals surface area contributed by atoms with E-state index in [1.54, 1.807) is 0 Å². The zero-order valence-corrected chi connectivity index (χ0v) is 23.0. The van der Waals surface area contributed by atoms with Crippen LogP contribution in [-0.4, -0.2) is 4.57 Å². The molecule has 0 atom stereocenters. The van der Waals surface area contributed by atoms with Crippen LogP contribution in [0.25, 0.3) is 11.4 Å². The molecule has 0 bridgehead atoms. The second kappa shape index (κ2) is 10.5. The van der Waals surface area contributed by atoms with Gasteiger partial charge >= 0.3 is 3.83 Å². The molecule has 0 saturated heterocycles. The number of benzene rings is 2. The van der Waals surface area contributed by atoms with E-state index in [0.717, 1.165) is 0 Å². The molecule has 3 rings (SSSR count). The molecular formula is C27H36ClIN2. The number of aromatic nitrogens is 2. The standard InChI is InChI=1S/C27H36IN2.ClH/c1-17(2)21-11-9-12-22(18(3)4)25(21)29-15-16-30(27(29)28)26-23(19(5)6)13-10-14-24(26)20(7)8;/h9-20H,1-8H3;1H/q+1;/p-1. The molecule has 0 fully saturated rings. The molecular weight excluding hydrogens is 515 g/mol. The van der Waals surface area contributed by atoms with Crippen LogP contribution in [0.2, 0.25) is 0 Å². The first-order valence-corrected chi connectivity index (χ1v) is 12.3. The van der Waals surface area contributed by atoms with Gasteiger partial charge < -0.3 is 12.4 Å². The molecule has 0 unspecified atom stereocenters. The van der Waals surface area contributed by atoms with E-state index in [9.17, 15) is 0 Å². The maximum absolute atomic E-state index is 2.53. The van der Waals surface area contributed by atoms with E-state index in [1.807, 2.05) is 0 Å². The van der Waals surface area contributed by atoms with E-state index >= 15 is 0 Å². The Labute approximate surface area is 208 Å². The Morgan fingerprint density at radius 3 is 1.45 bits per heavy atom. The Morgan fingerprint density at radius 1 is 0.677 bits per heavy atom. The van der Waals surface area contributed by atoms with Crippen LogP contribution in [0.5, 0.6) is 0 Å². The van der Waals surface area contributed by atoms with Gasteiger partial charge in [-0.05, 0) is 23.7 Å². The lowest BCUT2D eigenvalue weighted by atomic mass is 9.92. The maximum atomic E-state index is 2.53. The van der Waals surface area contributed by atoms with Crippen LogP contribution in [0.3, 0.4) is 0 Å². The monoisotopic (exact) mass is 550 g/mol. The molecule has 0 saturated carbocycles. The summed E-state index contributed by atoms with van der Waals surface area (Å²) in [5.41, 5.74) is 8.31. The van der Waals surface area contributed by atoms with Gasteiger partial charge in [-0.25, -0.2) is 0 Å². The normalized spacial score (nSPS) is 11.6. The van der Waals surface area contributed by atoms with E-state index in [1.165, 1.54) is 37.5 Å². The molecule has 31 heavy (non-hydrogen) atoms. The van der Waals surface area contributed by atoms with Crippen molar-refractivity contribution >= 4 is 22.6 Å². The maximum Gasteiger partial charge on any atom is 0.327 e. The van der Waals surface area contributed by atoms with E-state index in [-0.39, 0.29) is 12.4 Å². The van der Waals surface area contributed by atoms with Crippen molar-refractivity contribution < 1.29 is 17.0 Å². The Morgan fingerprint density at radius 2 is 1.06 bits per heavy atom. The number of nitrogens with zero attached hydrogens (tertiary/aromatic N) is 2. The summed E-state index contributed by atoms with van der Waals surface area (Å²) in [6.45, 7) is 18.3. The summed E-state index contributed by atoms with van der Waals surface area (Å²) in [7, 11) is 0. The van der Waals surface area contributed by atoms with Gasteiger partial charge in [-0.3, -0.25) is 0 Å². The van der Waals surface area contributed by atoms with Gasteiger partial charge in [0.2, 0.25) is 0 Å². The lowest BCUT2D eigenvalue weighted by Gasteiger charge is -2.18. The summed E-state index contributed by atoms with van der Waals surface area (Å²) < 4.78 is 6.01. The lowest BCUT2D eigenvalue weighted by molar-refractivity contribution is -0.610. The van der Waals surface area contributed by atoms with Gasteiger partial charge in [-0.15, -0.1) is 0 Å². The molecule has 0 aliphatic carbocycles. The smallest absolute Gasteiger partial charge is 0.327 e. The SMILES string of the molecule is CC(C)c1cccc(C(C)C)c1-n1cc[n+](-c2c(C(C)C)cccc2C(C)C)c1I.[Cl-]. The van der Waals surface area contributed by atoms with Crippen LogP contribution < -0.4 is 17.0 Å². The van der Waals surface area contributed by atoms with Crippen molar-refractivity contribution in [1.82, 2.24) is 4.57 Å². The Kier molecular flexibility index (Phi) is 8.80. The fraction of sp³-hybridized carbons (Fsp3) is 0.444. The summed E-state index contributed by atoms with van der Waals surface area (Å²) in [6, 6.07) is 13.6. The number of imidazole rings is 1. The Bertz CT molecular complexity index is 898. The number of hydrogen-bond donors (Lipinski definition) is 0. The highest BCUT2D eigenvalue weighted by atomic mass is 127. The van der Waals surface area contributed by atoms with E-state index < -0.39 is 0 Å². The molecule has 1 aromatic heterocycles. The van der Waals surface area contributed by atoms with Crippen LogP contribution in [-0.2, 0) is 0 Å². The van der Waals surface area contributed by atoms with Crippen molar-refractivity contribution in [2.45, 2.75) is 79.1 Å². The minimum atomic E-state index is 0. The van der Waals surface area contributed by atoms with Gasteiger partial charge in [-0.1, -0.05) is 91.8 Å². The second-order valence-corrected chi connectivity index (χ2v) is 10.5. The van der Waals surface area contributed by atoms with Crippen molar-refractivity contribution in [3.05, 3.63) is 74.9 Å². The summed E-state index contributed by atoms with van der Waals surface area (Å²) in [5, 5.41) is 0. The molecule has 0 radical (unpaired) electrons. The van der Waals surface area contributed by atoms with Gasteiger partial charge in [-0.2, -0.15) is 9.13 Å². The predicted molar refractivity (Wildman–Crippen MR) is 136 cm³/mol. The molecule has 0 amide bonds. The van der Waals surface area contributed by atoms with Gasteiger partial charge in [0, 0.05) is 22.3 Å². The number of para-hydroxylation sites is 2. The van der Waals surface area contributed by atoms with Crippen LogP contribution in [0, 0.1) is 3.83 Å². The molecule has 0 aliphatic rings. The van der Waals surface area contributed by atoms with Gasteiger partial charge in [0.15, 0.2) is 0 Å². The summed E-state index contributed by atoms with van der Waals surface area (Å²) in [5.74, 6) is 1.89. The highest BCUT2D eigenvalue weighted by molar-refractivity contribution is 14.1. The fourth-order valence-corrected chi connectivity index (χ4v) is 5.09. The summed E-state index contributed by atoms with van der Waals surface area (Å²) in [6.07, 6.45) is 4.49. The molecule has 0 aliphatic heterocycles. The number of hydrogen-bond acceptors (Lipinski definition) is 0. The molecule has 0 N–H and O–H groups in total. The number of rotatable bonds is 6. The van der Waals surface area contributed by atoms with E-state index in [2.05, 4.69) is 136 Å². The van der Waals surface area contributed by atoms with Crippen molar-refractivity contribution in [2.24, 2.45) is 0 Å². The third-order valence-corrected chi connectivity index (χ3v) is 6.97. The zero-order chi connectivity index (χ0) is 22.2. The van der Waals surface area contributed by atoms with Crippen molar-refractivity contribution in [3.63, 3.8) is 0 Å². The van der Waals surface area contributed by atoms with Crippen LogP contribution in [0.15, 0.2) is 48.8 Å². The Hall–Kier alpha value is -1.33. The molecule has 0 spiro atoms. The molecule has 1 heterocycles. The molecule has 2 aromatic carbocycles. The van der Waals surface area contributed by atoms with Crippen molar-refractivity contribution in [1.29, 1.82) is 0 Å². The molecule has 2 nitrogen and oxygen atoms in total. The summed E-state index contributed by atoms with van der Waals surface area (Å²) >= 11 is 2.53. The molecule has 3 aromatic rings. The lowest BCUT2D eigenvalue weighted by Crippen LogP contribution is -3.00. The average Bonchev–Trinajstić information content (AvgIpc) is 3.07. The molecule has 4 heteroatoms. The topological polar surface area (TPSA) is 8.81 Å². The fourth-order valence-electron chi connectivity index (χ4n) is 4.29. The van der Waals surface area contributed by atoms with E-state index in [0.29, 0.717) is 23.7 Å². The first kappa shape index (κ1) is 25.9. The minimum absolute atomic E-state index is 0. The Balaban J connectivity index is 0.00000341. The zero-order valence-electron chi connectivity index (χ0n) is 20.1. The van der Waals surface area contributed by atoms with Crippen molar-refractivity contribution in [2.75, 3.05) is 0 Å².